The second kappa shape index (κ2) is 4.68. The predicted molar refractivity (Wildman–Crippen MR) is 49.8 cm³/mol. The molecule has 0 aliphatic carbocycles. The topological polar surface area (TPSA) is 96.0 Å². The van der Waals surface area contributed by atoms with Gasteiger partial charge in [0.05, 0.1) is 0 Å². The van der Waals surface area contributed by atoms with Gasteiger partial charge in [-0.2, -0.15) is 4.68 Å². The van der Waals surface area contributed by atoms with Gasteiger partial charge in [0.1, 0.15) is 0 Å². The molecule has 0 bridgehead atoms. The third-order valence-corrected chi connectivity index (χ3v) is 1.04. The maximum atomic E-state index is 10.7. The zero-order valence-corrected chi connectivity index (χ0v) is 7.47. The molecule has 1 heterocycles. The summed E-state index contributed by atoms with van der Waals surface area (Å²) < 4.78 is 1.15. The van der Waals surface area contributed by atoms with Crippen LogP contribution < -0.4 is 22.9 Å². The van der Waals surface area contributed by atoms with E-state index in [9.17, 15) is 9.59 Å². The van der Waals surface area contributed by atoms with Gasteiger partial charge in [-0.05, 0) is 0 Å². The third-order valence-electron chi connectivity index (χ3n) is 1.04. The van der Waals surface area contributed by atoms with Crippen LogP contribution >= 0.6 is 24.8 Å². The van der Waals surface area contributed by atoms with E-state index in [1.807, 2.05) is 0 Å². The molecule has 0 aliphatic rings. The number of hydrogen-bond acceptors (Lipinski definition) is 4. The Bertz CT molecular complexity index is 357. The molecule has 0 atom stereocenters. The van der Waals surface area contributed by atoms with Gasteiger partial charge in [-0.15, -0.1) is 24.8 Å². The number of halogens is 2. The van der Waals surface area contributed by atoms with Gasteiger partial charge in [0.15, 0.2) is 0 Å². The van der Waals surface area contributed by atoms with Crippen LogP contribution in [0.4, 0.5) is 0 Å². The van der Waals surface area contributed by atoms with Crippen LogP contribution in [0.5, 0.6) is 0 Å². The Labute approximate surface area is 79.5 Å². The van der Waals surface area contributed by atoms with Crippen molar-refractivity contribution in [1.82, 2.24) is 9.35 Å². The van der Waals surface area contributed by atoms with Crippen molar-refractivity contribution < 1.29 is 0 Å². The molecule has 0 radical (unpaired) electrons. The molecule has 1 aromatic heterocycles. The third kappa shape index (κ3) is 2.18. The van der Waals surface area contributed by atoms with E-state index in [1.54, 1.807) is 0 Å². The van der Waals surface area contributed by atoms with Crippen molar-refractivity contribution in [2.75, 3.05) is 11.7 Å². The van der Waals surface area contributed by atoms with Gasteiger partial charge >= 0.3 is 5.69 Å². The van der Waals surface area contributed by atoms with Crippen LogP contribution in [0.3, 0.4) is 0 Å². The Morgan fingerprint density at radius 3 is 2.08 bits per heavy atom. The molecule has 1 aromatic rings. The molecule has 4 N–H and O–H groups in total. The number of rotatable bonds is 0. The van der Waals surface area contributed by atoms with E-state index in [2.05, 4.69) is 0 Å². The fourth-order valence-electron chi connectivity index (χ4n) is 0.507. The SMILES string of the molecule is Cl.Cl.Nn1ccc(=O)n(N)c1=O. The minimum Gasteiger partial charge on any atom is -0.335 e. The fourth-order valence-corrected chi connectivity index (χ4v) is 0.507. The molecule has 0 amide bonds. The molecular weight excluding hydrogens is 207 g/mol. The summed E-state index contributed by atoms with van der Waals surface area (Å²) in [4.78, 5) is 21.2. The Hall–Kier alpha value is -1.14. The van der Waals surface area contributed by atoms with Crippen molar-refractivity contribution in [3.63, 3.8) is 0 Å². The average molecular weight is 215 g/mol. The van der Waals surface area contributed by atoms with Crippen molar-refractivity contribution in [3.8, 4) is 0 Å². The average Bonchev–Trinajstić information content (AvgIpc) is 1.93. The Morgan fingerprint density at radius 2 is 1.67 bits per heavy atom. The van der Waals surface area contributed by atoms with Crippen LogP contribution in [-0.4, -0.2) is 9.35 Å². The maximum Gasteiger partial charge on any atom is 0.368 e. The number of nitrogen functional groups attached to an aromatic ring is 2. The van der Waals surface area contributed by atoms with Crippen LogP contribution in [0.25, 0.3) is 0 Å². The van der Waals surface area contributed by atoms with Crippen LogP contribution in [0, 0.1) is 0 Å². The van der Waals surface area contributed by atoms with Crippen LogP contribution in [0.15, 0.2) is 21.9 Å². The molecule has 0 saturated heterocycles. The number of nitrogens with two attached hydrogens (primary N) is 2. The molecule has 0 unspecified atom stereocenters. The highest BCUT2D eigenvalue weighted by Gasteiger charge is 1.95. The predicted octanol–water partition coefficient (Wildman–Crippen LogP) is -1.72. The minimum atomic E-state index is -0.743. The standard InChI is InChI=1S/C4H6N4O2.2ClH/c5-7-2-1-3(9)8(6)4(7)10;;/h1-2H,5-6H2;2*1H. The lowest BCUT2D eigenvalue weighted by Crippen LogP contribution is -2.45. The summed E-state index contributed by atoms with van der Waals surface area (Å²) in [5.74, 6) is 10.0. The number of hydrogen-bond donors (Lipinski definition) is 2. The van der Waals surface area contributed by atoms with E-state index >= 15 is 0 Å². The van der Waals surface area contributed by atoms with Gasteiger partial charge in [-0.1, -0.05) is 0 Å². The lowest BCUT2D eigenvalue weighted by molar-refractivity contribution is 0.749. The number of nitrogens with zero attached hydrogens (tertiary/aromatic N) is 2. The molecule has 70 valence electrons. The lowest BCUT2D eigenvalue weighted by atomic mass is 10.7. The molecule has 0 saturated carbocycles. The second-order valence-electron chi connectivity index (χ2n) is 1.71. The first-order chi connectivity index (χ1) is 4.63. The highest BCUT2D eigenvalue weighted by molar-refractivity contribution is 5.85. The van der Waals surface area contributed by atoms with Gasteiger partial charge in [0.25, 0.3) is 5.56 Å². The van der Waals surface area contributed by atoms with E-state index in [0.717, 1.165) is 16.9 Å². The first-order valence-corrected chi connectivity index (χ1v) is 2.48. The zero-order chi connectivity index (χ0) is 7.72. The van der Waals surface area contributed by atoms with Crippen LogP contribution in [-0.2, 0) is 0 Å². The molecule has 0 aromatic carbocycles. The molecular formula is C4H8Cl2N4O2. The van der Waals surface area contributed by atoms with Gasteiger partial charge in [0, 0.05) is 12.3 Å². The summed E-state index contributed by atoms with van der Waals surface area (Å²) in [6.07, 6.45) is 1.15. The normalized spacial score (nSPS) is 8.00. The highest BCUT2D eigenvalue weighted by Crippen LogP contribution is 1.60. The van der Waals surface area contributed by atoms with Gasteiger partial charge in [-0.25, -0.2) is 9.47 Å². The minimum absolute atomic E-state index is 0. The summed E-state index contributed by atoms with van der Waals surface area (Å²) in [5, 5.41) is 0. The molecule has 12 heavy (non-hydrogen) atoms. The van der Waals surface area contributed by atoms with Gasteiger partial charge in [0.2, 0.25) is 0 Å². The first kappa shape index (κ1) is 13.4. The van der Waals surface area contributed by atoms with E-state index < -0.39 is 11.2 Å². The second-order valence-corrected chi connectivity index (χ2v) is 1.71. The smallest absolute Gasteiger partial charge is 0.335 e. The van der Waals surface area contributed by atoms with Crippen molar-refractivity contribution in [2.24, 2.45) is 0 Å². The van der Waals surface area contributed by atoms with Crippen LogP contribution in [0.1, 0.15) is 0 Å². The molecule has 1 rings (SSSR count). The molecule has 6 nitrogen and oxygen atoms in total. The Morgan fingerprint density at radius 1 is 1.17 bits per heavy atom. The van der Waals surface area contributed by atoms with E-state index in [-0.39, 0.29) is 24.8 Å². The Kier molecular flexibility index (Phi) is 5.25. The van der Waals surface area contributed by atoms with Crippen molar-refractivity contribution >= 4 is 24.8 Å². The quantitative estimate of drug-likeness (QED) is 0.503. The molecule has 0 spiro atoms. The maximum absolute atomic E-state index is 10.7. The number of aromatic nitrogens is 2. The largest absolute Gasteiger partial charge is 0.368 e. The van der Waals surface area contributed by atoms with Crippen LogP contribution in [0.2, 0.25) is 0 Å². The van der Waals surface area contributed by atoms with Gasteiger partial charge < -0.3 is 11.7 Å². The van der Waals surface area contributed by atoms with E-state index in [4.69, 9.17) is 11.7 Å². The molecule has 8 heteroatoms. The Balaban J connectivity index is 0. The van der Waals surface area contributed by atoms with Crippen molar-refractivity contribution in [1.29, 1.82) is 0 Å². The molecule has 0 aliphatic heterocycles. The summed E-state index contributed by atoms with van der Waals surface area (Å²) in [6.45, 7) is 0. The summed E-state index contributed by atoms with van der Waals surface area (Å²) >= 11 is 0. The lowest BCUT2D eigenvalue weighted by Gasteiger charge is -1.97. The van der Waals surface area contributed by atoms with Crippen molar-refractivity contribution in [3.05, 3.63) is 33.1 Å². The van der Waals surface area contributed by atoms with E-state index in [1.165, 1.54) is 0 Å². The highest BCUT2D eigenvalue weighted by atomic mass is 35.5. The first-order valence-electron chi connectivity index (χ1n) is 2.48. The fraction of sp³-hybridized carbons (Fsp3) is 0. The van der Waals surface area contributed by atoms with Gasteiger partial charge in [-0.3, -0.25) is 4.79 Å². The summed E-state index contributed by atoms with van der Waals surface area (Å²) in [5.41, 5.74) is -1.32. The summed E-state index contributed by atoms with van der Waals surface area (Å²) in [7, 11) is 0. The monoisotopic (exact) mass is 214 g/mol. The summed E-state index contributed by atoms with van der Waals surface area (Å²) in [6, 6.07) is 1.10. The zero-order valence-electron chi connectivity index (χ0n) is 5.84. The van der Waals surface area contributed by atoms with E-state index in [0.29, 0.717) is 4.68 Å². The van der Waals surface area contributed by atoms with Crippen molar-refractivity contribution in [2.45, 2.75) is 0 Å². The molecule has 0 fully saturated rings.